The number of amides is 1. The van der Waals surface area contributed by atoms with E-state index in [1.165, 1.54) is 5.56 Å². The average Bonchev–Trinajstić information content (AvgIpc) is 2.91. The molecule has 0 saturated heterocycles. The number of carbonyl (C=O) groups is 1. The molecule has 2 N–H and O–H groups in total. The Balaban J connectivity index is 1.99. The molecule has 1 aromatic rings. The van der Waals surface area contributed by atoms with Gasteiger partial charge in [-0.05, 0) is 50.0 Å². The molecule has 1 amide bonds. The van der Waals surface area contributed by atoms with Crippen LogP contribution in [0.3, 0.4) is 0 Å². The van der Waals surface area contributed by atoms with Crippen LogP contribution in [0.4, 0.5) is 5.69 Å². The van der Waals surface area contributed by atoms with Crippen molar-refractivity contribution in [1.82, 2.24) is 4.90 Å². The zero-order chi connectivity index (χ0) is 15.2. The van der Waals surface area contributed by atoms with Gasteiger partial charge in [0.05, 0.1) is 12.0 Å². The second kappa shape index (κ2) is 7.57. The van der Waals surface area contributed by atoms with Crippen LogP contribution < -0.4 is 5.32 Å². The van der Waals surface area contributed by atoms with Crippen molar-refractivity contribution in [3.05, 3.63) is 29.8 Å². The Hall–Kier alpha value is -1.39. The number of benzene rings is 1. The van der Waals surface area contributed by atoms with E-state index in [4.69, 9.17) is 0 Å². The van der Waals surface area contributed by atoms with Gasteiger partial charge in [0.1, 0.15) is 0 Å². The Morgan fingerprint density at radius 3 is 2.71 bits per heavy atom. The third-order valence-electron chi connectivity index (χ3n) is 4.31. The van der Waals surface area contributed by atoms with Gasteiger partial charge in [0.2, 0.25) is 5.91 Å². The summed E-state index contributed by atoms with van der Waals surface area (Å²) in [4.78, 5) is 14.5. The van der Waals surface area contributed by atoms with E-state index in [1.807, 2.05) is 18.2 Å². The first-order valence-electron chi connectivity index (χ1n) is 7.94. The first-order chi connectivity index (χ1) is 10.1. The Bertz CT molecular complexity index is 472. The minimum absolute atomic E-state index is 0.0556. The minimum atomic E-state index is -0.483. The van der Waals surface area contributed by atoms with Crippen LogP contribution in [0.5, 0.6) is 0 Å². The monoisotopic (exact) mass is 290 g/mol. The molecule has 116 valence electrons. The van der Waals surface area contributed by atoms with Gasteiger partial charge in [0, 0.05) is 12.2 Å². The van der Waals surface area contributed by atoms with Crippen molar-refractivity contribution in [1.29, 1.82) is 0 Å². The highest BCUT2D eigenvalue weighted by Crippen LogP contribution is 2.27. The van der Waals surface area contributed by atoms with Gasteiger partial charge in [-0.25, -0.2) is 0 Å². The van der Waals surface area contributed by atoms with Crippen molar-refractivity contribution < 1.29 is 9.90 Å². The lowest BCUT2D eigenvalue weighted by Gasteiger charge is -2.19. The molecule has 4 nitrogen and oxygen atoms in total. The van der Waals surface area contributed by atoms with E-state index in [-0.39, 0.29) is 11.8 Å². The quantitative estimate of drug-likeness (QED) is 0.847. The Kier molecular flexibility index (Phi) is 5.76. The van der Waals surface area contributed by atoms with Crippen molar-refractivity contribution in [2.45, 2.75) is 45.8 Å². The molecular weight excluding hydrogens is 264 g/mol. The number of carbonyl (C=O) groups excluding carboxylic acids is 1. The molecule has 0 spiro atoms. The summed E-state index contributed by atoms with van der Waals surface area (Å²) in [5.41, 5.74) is 2.02. The summed E-state index contributed by atoms with van der Waals surface area (Å²) in [5, 5.41) is 12.8. The van der Waals surface area contributed by atoms with Gasteiger partial charge in [-0.3, -0.25) is 9.69 Å². The van der Waals surface area contributed by atoms with Gasteiger partial charge in [-0.15, -0.1) is 0 Å². The van der Waals surface area contributed by atoms with Crippen molar-refractivity contribution in [3.63, 3.8) is 0 Å². The standard InChI is InChI=1S/C17H26N2O2/c1-3-19(4-2)12-13-7-5-8-14(11-13)18-17(21)15-9-6-10-16(15)20/h5,7-8,11,15-16,20H,3-4,6,9-10,12H2,1-2H3,(H,18,21). The van der Waals surface area contributed by atoms with Crippen LogP contribution in [0.1, 0.15) is 38.7 Å². The molecule has 4 heteroatoms. The van der Waals surface area contributed by atoms with Gasteiger partial charge in [-0.1, -0.05) is 26.0 Å². The highest BCUT2D eigenvalue weighted by molar-refractivity contribution is 5.93. The minimum Gasteiger partial charge on any atom is -0.392 e. The second-order valence-corrected chi connectivity index (χ2v) is 5.76. The smallest absolute Gasteiger partial charge is 0.230 e. The van der Waals surface area contributed by atoms with Gasteiger partial charge < -0.3 is 10.4 Å². The molecule has 21 heavy (non-hydrogen) atoms. The van der Waals surface area contributed by atoms with E-state index < -0.39 is 6.10 Å². The topological polar surface area (TPSA) is 52.6 Å². The molecule has 0 aromatic heterocycles. The van der Waals surface area contributed by atoms with Gasteiger partial charge in [0.25, 0.3) is 0 Å². The number of anilines is 1. The fourth-order valence-corrected chi connectivity index (χ4v) is 2.93. The third kappa shape index (κ3) is 4.29. The molecular formula is C17H26N2O2. The molecule has 1 aromatic carbocycles. The maximum Gasteiger partial charge on any atom is 0.230 e. The molecule has 0 heterocycles. The van der Waals surface area contributed by atoms with E-state index >= 15 is 0 Å². The van der Waals surface area contributed by atoms with Crippen LogP contribution >= 0.6 is 0 Å². The van der Waals surface area contributed by atoms with Crippen LogP contribution in [-0.4, -0.2) is 35.1 Å². The predicted octanol–water partition coefficient (Wildman–Crippen LogP) is 2.63. The largest absolute Gasteiger partial charge is 0.392 e. The third-order valence-corrected chi connectivity index (χ3v) is 4.31. The first-order valence-corrected chi connectivity index (χ1v) is 7.94. The van der Waals surface area contributed by atoms with Gasteiger partial charge >= 0.3 is 0 Å². The number of rotatable bonds is 6. The van der Waals surface area contributed by atoms with E-state index in [9.17, 15) is 9.90 Å². The van der Waals surface area contributed by atoms with Crippen molar-refractivity contribution in [2.24, 2.45) is 5.92 Å². The van der Waals surface area contributed by atoms with Crippen molar-refractivity contribution >= 4 is 11.6 Å². The van der Waals surface area contributed by atoms with Crippen molar-refractivity contribution in [2.75, 3.05) is 18.4 Å². The van der Waals surface area contributed by atoms with Gasteiger partial charge in [-0.2, -0.15) is 0 Å². The van der Waals surface area contributed by atoms with E-state index in [1.54, 1.807) is 0 Å². The maximum atomic E-state index is 12.2. The first kappa shape index (κ1) is 16.0. The molecule has 1 aliphatic rings. The lowest BCUT2D eigenvalue weighted by Crippen LogP contribution is -2.28. The highest BCUT2D eigenvalue weighted by Gasteiger charge is 2.31. The number of aliphatic hydroxyl groups is 1. The van der Waals surface area contributed by atoms with Crippen LogP contribution in [0.15, 0.2) is 24.3 Å². The van der Waals surface area contributed by atoms with Gasteiger partial charge in [0.15, 0.2) is 0 Å². The summed E-state index contributed by atoms with van der Waals surface area (Å²) >= 11 is 0. The molecule has 2 atom stereocenters. The summed E-state index contributed by atoms with van der Waals surface area (Å²) < 4.78 is 0. The summed E-state index contributed by atoms with van der Waals surface area (Å²) in [6.45, 7) is 7.22. The summed E-state index contributed by atoms with van der Waals surface area (Å²) in [6, 6.07) is 7.99. The molecule has 0 radical (unpaired) electrons. The van der Waals surface area contributed by atoms with Crippen LogP contribution in [0, 0.1) is 5.92 Å². The number of hydrogen-bond acceptors (Lipinski definition) is 3. The lowest BCUT2D eigenvalue weighted by atomic mass is 10.0. The summed E-state index contributed by atoms with van der Waals surface area (Å²) in [6.07, 6.45) is 1.97. The van der Waals surface area contributed by atoms with E-state index in [0.29, 0.717) is 0 Å². The highest BCUT2D eigenvalue weighted by atomic mass is 16.3. The lowest BCUT2D eigenvalue weighted by molar-refractivity contribution is -0.122. The summed E-state index contributed by atoms with van der Waals surface area (Å²) in [7, 11) is 0. The Morgan fingerprint density at radius 1 is 1.33 bits per heavy atom. The zero-order valence-electron chi connectivity index (χ0n) is 13.0. The normalized spacial score (nSPS) is 21.7. The summed E-state index contributed by atoms with van der Waals surface area (Å²) in [5.74, 6) is -0.309. The van der Waals surface area contributed by atoms with Crippen LogP contribution in [0.2, 0.25) is 0 Å². The number of nitrogens with one attached hydrogen (secondary N) is 1. The zero-order valence-corrected chi connectivity index (χ0v) is 13.0. The average molecular weight is 290 g/mol. The number of hydrogen-bond donors (Lipinski definition) is 2. The molecule has 1 saturated carbocycles. The predicted molar refractivity (Wildman–Crippen MR) is 85.0 cm³/mol. The van der Waals surface area contributed by atoms with E-state index in [2.05, 4.69) is 30.1 Å². The molecule has 2 unspecified atom stereocenters. The molecule has 1 fully saturated rings. The van der Waals surface area contributed by atoms with E-state index in [0.717, 1.165) is 44.6 Å². The van der Waals surface area contributed by atoms with Crippen LogP contribution in [-0.2, 0) is 11.3 Å². The molecule has 0 aliphatic heterocycles. The fourth-order valence-electron chi connectivity index (χ4n) is 2.93. The maximum absolute atomic E-state index is 12.2. The number of nitrogens with zero attached hydrogens (tertiary/aromatic N) is 1. The number of aliphatic hydroxyl groups excluding tert-OH is 1. The molecule has 2 rings (SSSR count). The van der Waals surface area contributed by atoms with Crippen LogP contribution in [0.25, 0.3) is 0 Å². The second-order valence-electron chi connectivity index (χ2n) is 5.76. The fraction of sp³-hybridized carbons (Fsp3) is 0.588. The molecule has 0 bridgehead atoms. The Labute approximate surface area is 127 Å². The SMILES string of the molecule is CCN(CC)Cc1cccc(NC(=O)C2CCCC2O)c1. The Morgan fingerprint density at radius 2 is 2.10 bits per heavy atom. The molecule has 1 aliphatic carbocycles. The van der Waals surface area contributed by atoms with Crippen molar-refractivity contribution in [3.8, 4) is 0 Å².